The predicted molar refractivity (Wildman–Crippen MR) is 74.9 cm³/mol. The molecule has 0 bridgehead atoms. The molecule has 0 spiro atoms. The number of methoxy groups -OCH3 is 1. The maximum Gasteiger partial charge on any atom is 0.273 e. The quantitative estimate of drug-likeness (QED) is 0.859. The lowest BCUT2D eigenvalue weighted by atomic mass is 10.2. The predicted octanol–water partition coefficient (Wildman–Crippen LogP) is 1.96. The molecule has 3 rings (SSSR count). The lowest BCUT2D eigenvalue weighted by molar-refractivity contribution is 0.0722. The molecule has 0 aromatic carbocycles. The molecule has 1 aliphatic rings. The van der Waals surface area contributed by atoms with Gasteiger partial charge in [-0.1, -0.05) is 5.16 Å². The van der Waals surface area contributed by atoms with E-state index in [1.165, 1.54) is 11.3 Å². The average Bonchev–Trinajstić information content (AvgIpc) is 3.17. The van der Waals surface area contributed by atoms with Crippen molar-refractivity contribution >= 4 is 17.2 Å². The summed E-state index contributed by atoms with van der Waals surface area (Å²) in [6.45, 7) is 2.86. The monoisotopic (exact) mass is 308 g/mol. The van der Waals surface area contributed by atoms with E-state index in [9.17, 15) is 4.79 Å². The van der Waals surface area contributed by atoms with E-state index in [1.807, 2.05) is 0 Å². The SMILES string of the molecule is COCc1nc(C(=O)N2CCCC2c2noc(C)n2)cs1. The van der Waals surface area contributed by atoms with Crippen molar-refractivity contribution in [3.8, 4) is 0 Å². The highest BCUT2D eigenvalue weighted by molar-refractivity contribution is 7.09. The number of ether oxygens (including phenoxy) is 1. The van der Waals surface area contributed by atoms with Crippen molar-refractivity contribution in [3.63, 3.8) is 0 Å². The van der Waals surface area contributed by atoms with Gasteiger partial charge in [-0.15, -0.1) is 11.3 Å². The highest BCUT2D eigenvalue weighted by atomic mass is 32.1. The third kappa shape index (κ3) is 2.81. The normalized spacial score (nSPS) is 18.4. The summed E-state index contributed by atoms with van der Waals surface area (Å²) in [6.07, 6.45) is 1.78. The van der Waals surface area contributed by atoms with Crippen LogP contribution in [0.3, 0.4) is 0 Å². The molecule has 0 N–H and O–H groups in total. The van der Waals surface area contributed by atoms with Crippen molar-refractivity contribution in [2.45, 2.75) is 32.4 Å². The van der Waals surface area contributed by atoms with Crippen LogP contribution in [-0.2, 0) is 11.3 Å². The number of carbonyl (C=O) groups excluding carboxylic acids is 1. The van der Waals surface area contributed by atoms with Crippen LogP contribution in [0.1, 0.15) is 46.1 Å². The van der Waals surface area contributed by atoms with E-state index < -0.39 is 0 Å². The van der Waals surface area contributed by atoms with Crippen LogP contribution < -0.4 is 0 Å². The van der Waals surface area contributed by atoms with E-state index in [0.29, 0.717) is 30.6 Å². The van der Waals surface area contributed by atoms with E-state index in [1.54, 1.807) is 24.3 Å². The average molecular weight is 308 g/mol. The number of amides is 1. The Balaban J connectivity index is 1.79. The van der Waals surface area contributed by atoms with Crippen molar-refractivity contribution in [1.29, 1.82) is 0 Å². The van der Waals surface area contributed by atoms with Crippen LogP contribution in [0.4, 0.5) is 0 Å². The maximum absolute atomic E-state index is 12.6. The molecule has 1 unspecified atom stereocenters. The van der Waals surface area contributed by atoms with Crippen LogP contribution in [0.25, 0.3) is 0 Å². The lowest BCUT2D eigenvalue weighted by Gasteiger charge is -2.21. The number of hydrogen-bond acceptors (Lipinski definition) is 7. The molecule has 1 fully saturated rings. The fourth-order valence-corrected chi connectivity index (χ4v) is 3.21. The molecule has 8 heteroatoms. The third-order valence-electron chi connectivity index (χ3n) is 3.39. The Bertz CT molecular complexity index is 639. The molecular formula is C13H16N4O3S. The van der Waals surface area contributed by atoms with Crippen LogP contribution in [0.2, 0.25) is 0 Å². The third-order valence-corrected chi connectivity index (χ3v) is 4.22. The van der Waals surface area contributed by atoms with Gasteiger partial charge < -0.3 is 14.2 Å². The first-order chi connectivity index (χ1) is 10.2. The molecule has 1 atom stereocenters. The summed E-state index contributed by atoms with van der Waals surface area (Å²) in [4.78, 5) is 22.9. The molecule has 0 aliphatic carbocycles. The Hall–Kier alpha value is -1.80. The molecule has 0 saturated carbocycles. The van der Waals surface area contributed by atoms with Gasteiger partial charge in [0, 0.05) is 26.0 Å². The molecular weight excluding hydrogens is 292 g/mol. The van der Waals surface area contributed by atoms with E-state index in [0.717, 1.165) is 17.8 Å². The van der Waals surface area contributed by atoms with Gasteiger partial charge in [-0.2, -0.15) is 4.98 Å². The van der Waals surface area contributed by atoms with Gasteiger partial charge in [0.15, 0.2) is 5.82 Å². The standard InChI is InChI=1S/C13H16N4O3S/c1-8-14-12(16-20-8)10-4-3-5-17(10)13(18)9-7-21-11(15-9)6-19-2/h7,10H,3-6H2,1-2H3. The summed E-state index contributed by atoms with van der Waals surface area (Å²) in [5.74, 6) is 1.00. The Morgan fingerprint density at radius 2 is 2.43 bits per heavy atom. The number of rotatable bonds is 4. The second-order valence-corrected chi connectivity index (χ2v) is 5.83. The molecule has 1 amide bonds. The number of aromatic nitrogens is 3. The molecule has 1 aliphatic heterocycles. The van der Waals surface area contributed by atoms with Gasteiger partial charge in [-0.25, -0.2) is 4.98 Å². The first-order valence-corrected chi connectivity index (χ1v) is 7.61. The highest BCUT2D eigenvalue weighted by Crippen LogP contribution is 2.31. The van der Waals surface area contributed by atoms with Crippen molar-refractivity contribution in [1.82, 2.24) is 20.0 Å². The van der Waals surface area contributed by atoms with E-state index in [4.69, 9.17) is 9.26 Å². The Labute approximate surface area is 125 Å². The summed E-state index contributed by atoms with van der Waals surface area (Å²) in [5.41, 5.74) is 0.458. The van der Waals surface area contributed by atoms with E-state index in [2.05, 4.69) is 15.1 Å². The zero-order chi connectivity index (χ0) is 14.8. The number of carbonyl (C=O) groups is 1. The fourth-order valence-electron chi connectivity index (χ4n) is 2.47. The van der Waals surface area contributed by atoms with Gasteiger partial charge in [0.1, 0.15) is 10.7 Å². The molecule has 2 aromatic heterocycles. The molecule has 7 nitrogen and oxygen atoms in total. The number of likely N-dealkylation sites (tertiary alicyclic amines) is 1. The summed E-state index contributed by atoms with van der Waals surface area (Å²) in [6, 6.07) is -0.123. The molecule has 0 radical (unpaired) electrons. The first kappa shape index (κ1) is 14.2. The van der Waals surface area contributed by atoms with Gasteiger partial charge >= 0.3 is 0 Å². The molecule has 21 heavy (non-hydrogen) atoms. The second-order valence-electron chi connectivity index (χ2n) is 4.89. The zero-order valence-electron chi connectivity index (χ0n) is 11.9. The van der Waals surface area contributed by atoms with Crippen molar-refractivity contribution < 1.29 is 14.1 Å². The fraction of sp³-hybridized carbons (Fsp3) is 0.538. The molecule has 2 aromatic rings. The van der Waals surface area contributed by atoms with E-state index >= 15 is 0 Å². The minimum atomic E-state index is -0.123. The zero-order valence-corrected chi connectivity index (χ0v) is 12.7. The summed E-state index contributed by atoms with van der Waals surface area (Å²) >= 11 is 1.43. The van der Waals surface area contributed by atoms with Crippen molar-refractivity contribution in [2.24, 2.45) is 0 Å². The van der Waals surface area contributed by atoms with Gasteiger partial charge in [-0.3, -0.25) is 4.79 Å². The summed E-state index contributed by atoms with van der Waals surface area (Å²) in [5, 5.41) is 6.51. The maximum atomic E-state index is 12.6. The van der Waals surface area contributed by atoms with Gasteiger partial charge in [0.2, 0.25) is 5.89 Å². The van der Waals surface area contributed by atoms with Gasteiger partial charge in [0.05, 0.1) is 12.6 Å². The highest BCUT2D eigenvalue weighted by Gasteiger charge is 2.34. The topological polar surface area (TPSA) is 81.4 Å². The summed E-state index contributed by atoms with van der Waals surface area (Å²) in [7, 11) is 1.61. The second kappa shape index (κ2) is 5.90. The minimum Gasteiger partial charge on any atom is -0.378 e. The molecule has 112 valence electrons. The Kier molecular flexibility index (Phi) is 3.98. The largest absolute Gasteiger partial charge is 0.378 e. The number of aryl methyl sites for hydroxylation is 1. The van der Waals surface area contributed by atoms with E-state index in [-0.39, 0.29) is 11.9 Å². The van der Waals surface area contributed by atoms with Crippen LogP contribution in [0.5, 0.6) is 0 Å². The Morgan fingerprint density at radius 3 is 3.14 bits per heavy atom. The van der Waals surface area contributed by atoms with Gasteiger partial charge in [0.25, 0.3) is 5.91 Å². The van der Waals surface area contributed by atoms with Gasteiger partial charge in [-0.05, 0) is 12.8 Å². The Morgan fingerprint density at radius 1 is 1.57 bits per heavy atom. The lowest BCUT2D eigenvalue weighted by Crippen LogP contribution is -2.31. The number of nitrogens with zero attached hydrogens (tertiary/aromatic N) is 4. The molecule has 1 saturated heterocycles. The van der Waals surface area contributed by atoms with Crippen LogP contribution in [0, 0.1) is 6.92 Å². The number of hydrogen-bond donors (Lipinski definition) is 0. The van der Waals surface area contributed by atoms with Crippen molar-refractivity contribution in [2.75, 3.05) is 13.7 Å². The van der Waals surface area contributed by atoms with Crippen LogP contribution >= 0.6 is 11.3 Å². The van der Waals surface area contributed by atoms with Crippen LogP contribution in [-0.4, -0.2) is 39.6 Å². The summed E-state index contributed by atoms with van der Waals surface area (Å²) < 4.78 is 10.0. The molecule has 3 heterocycles. The number of thiazole rings is 1. The van der Waals surface area contributed by atoms with Crippen LogP contribution in [0.15, 0.2) is 9.90 Å². The smallest absolute Gasteiger partial charge is 0.273 e. The van der Waals surface area contributed by atoms with Crippen molar-refractivity contribution in [3.05, 3.63) is 27.8 Å². The minimum absolute atomic E-state index is 0.0847. The first-order valence-electron chi connectivity index (χ1n) is 6.73.